The highest BCUT2D eigenvalue weighted by Gasteiger charge is 2.54. The Kier molecular flexibility index (Phi) is 7.25. The second-order valence-corrected chi connectivity index (χ2v) is 20.0. The normalized spacial score (nSPS) is 23.0. The van der Waals surface area contributed by atoms with E-state index in [-0.39, 0.29) is 10.8 Å². The molecule has 1 spiro atoms. The van der Waals surface area contributed by atoms with Crippen molar-refractivity contribution in [2.75, 3.05) is 0 Å². The predicted octanol–water partition coefficient (Wildman–Crippen LogP) is 14.1. The number of hydrogen-bond acceptors (Lipinski definition) is 4. The summed E-state index contributed by atoms with van der Waals surface area (Å²) in [6.07, 6.45) is 7.64. The molecule has 3 fully saturated rings. The Morgan fingerprint density at radius 3 is 1.87 bits per heavy atom. The van der Waals surface area contributed by atoms with Crippen molar-refractivity contribution < 1.29 is 4.74 Å². The standard InChI is InChI=1S/C59H47N3O/c1-57(2)45-18-5-3-15-42(45)43-26-25-39(32-50(43)57)55-60-54(61-56(62-55)58-28-27-36-29-35(33-58)30-40(36)34-58)38-14-11-13-37(31-38)41-17-12-22-49-53(41)44-16-4-6-19-46(44)59(49)47-20-7-9-23-51(47)63-52-24-10-8-21-48(52)59/h3-26,31-32,35-36,40H,27-30,33-34H2,1-2H3/t35-,36?,40?,58?/m1/s1. The van der Waals surface area contributed by atoms with Crippen LogP contribution in [0.5, 0.6) is 11.5 Å². The van der Waals surface area contributed by atoms with E-state index < -0.39 is 5.41 Å². The number of para-hydroxylation sites is 2. The maximum Gasteiger partial charge on any atom is 0.163 e. The molecule has 0 N–H and O–H groups in total. The van der Waals surface area contributed by atoms with E-state index in [0.717, 1.165) is 63.4 Å². The van der Waals surface area contributed by atoms with Crippen molar-refractivity contribution in [3.05, 3.63) is 197 Å². The largest absolute Gasteiger partial charge is 0.457 e. The van der Waals surface area contributed by atoms with E-state index in [1.807, 2.05) is 0 Å². The lowest BCUT2D eigenvalue weighted by Gasteiger charge is -2.44. The molecule has 7 aromatic carbocycles. The van der Waals surface area contributed by atoms with Crippen LogP contribution in [0.15, 0.2) is 158 Å². The van der Waals surface area contributed by atoms with Crippen molar-refractivity contribution in [1.29, 1.82) is 0 Å². The number of rotatable bonds is 4. The van der Waals surface area contributed by atoms with Gasteiger partial charge >= 0.3 is 0 Å². The fourth-order valence-corrected chi connectivity index (χ4v) is 13.9. The van der Waals surface area contributed by atoms with Crippen LogP contribution in [0, 0.1) is 17.8 Å². The first-order chi connectivity index (χ1) is 30.9. The lowest BCUT2D eigenvalue weighted by Crippen LogP contribution is -2.39. The Hall–Kier alpha value is -6.65. The number of benzene rings is 7. The zero-order valence-corrected chi connectivity index (χ0v) is 35.7. The van der Waals surface area contributed by atoms with Crippen LogP contribution >= 0.6 is 0 Å². The Balaban J connectivity index is 0.949. The molecule has 63 heavy (non-hydrogen) atoms. The molecule has 1 aromatic heterocycles. The molecule has 14 rings (SSSR count). The van der Waals surface area contributed by atoms with Gasteiger partial charge in [0.2, 0.25) is 0 Å². The summed E-state index contributed by atoms with van der Waals surface area (Å²) in [7, 11) is 0. The minimum absolute atomic E-state index is 0.00540. The van der Waals surface area contributed by atoms with Crippen LogP contribution in [0.25, 0.3) is 56.2 Å². The van der Waals surface area contributed by atoms with Gasteiger partial charge in [-0.1, -0.05) is 147 Å². The number of fused-ring (bicyclic) bond motifs is 14. The van der Waals surface area contributed by atoms with Gasteiger partial charge in [0.15, 0.2) is 11.6 Å². The molecule has 1 aliphatic heterocycles. The molecule has 3 saturated carbocycles. The van der Waals surface area contributed by atoms with E-state index in [4.69, 9.17) is 19.7 Å². The van der Waals surface area contributed by atoms with Gasteiger partial charge in [-0.25, -0.2) is 15.0 Å². The molecular formula is C59H47N3O. The molecule has 0 saturated heterocycles. The maximum atomic E-state index is 6.63. The molecule has 4 atom stereocenters. The zero-order chi connectivity index (χ0) is 41.7. The molecule has 2 heterocycles. The van der Waals surface area contributed by atoms with E-state index in [1.54, 1.807) is 0 Å². The molecule has 0 amide bonds. The summed E-state index contributed by atoms with van der Waals surface area (Å²) < 4.78 is 6.63. The molecule has 5 aliphatic carbocycles. The third-order valence-electron chi connectivity index (χ3n) is 16.5. The quantitative estimate of drug-likeness (QED) is 0.178. The molecule has 8 aromatic rings. The Labute approximate surface area is 369 Å². The molecule has 4 heteroatoms. The van der Waals surface area contributed by atoms with E-state index >= 15 is 0 Å². The van der Waals surface area contributed by atoms with Crippen molar-refractivity contribution >= 4 is 0 Å². The van der Waals surface area contributed by atoms with Gasteiger partial charge in [0.25, 0.3) is 0 Å². The van der Waals surface area contributed by atoms with Crippen LogP contribution in [0.2, 0.25) is 0 Å². The van der Waals surface area contributed by atoms with Crippen molar-refractivity contribution in [1.82, 2.24) is 15.0 Å². The molecule has 6 aliphatic rings. The predicted molar refractivity (Wildman–Crippen MR) is 251 cm³/mol. The summed E-state index contributed by atoms with van der Waals surface area (Å²) in [5.41, 5.74) is 16.6. The zero-order valence-electron chi connectivity index (χ0n) is 35.7. The van der Waals surface area contributed by atoms with Crippen LogP contribution in [0.1, 0.15) is 91.6 Å². The first kappa shape index (κ1) is 35.9. The fraction of sp³-hybridized carbons (Fsp3) is 0.237. The monoisotopic (exact) mass is 813 g/mol. The van der Waals surface area contributed by atoms with E-state index in [2.05, 4.69) is 172 Å². The van der Waals surface area contributed by atoms with Crippen molar-refractivity contribution in [3.63, 3.8) is 0 Å². The van der Waals surface area contributed by atoms with Crippen LogP contribution in [0.3, 0.4) is 0 Å². The topological polar surface area (TPSA) is 47.9 Å². The summed E-state index contributed by atoms with van der Waals surface area (Å²) in [6, 6.07) is 57.9. The van der Waals surface area contributed by atoms with Crippen LogP contribution in [0.4, 0.5) is 0 Å². The number of ether oxygens (including phenoxy) is 1. The SMILES string of the molecule is CC1(C)c2ccccc2-c2ccc(-c3nc(-c4cccc(-c5cccc6c5-c5ccccc5C65c6ccccc6Oc6ccccc65)c4)nc(C45CCC6C[C@H](CC6C4)C5)n3)cc21. The van der Waals surface area contributed by atoms with Gasteiger partial charge in [-0.3, -0.25) is 0 Å². The van der Waals surface area contributed by atoms with Gasteiger partial charge in [-0.2, -0.15) is 0 Å². The Morgan fingerprint density at radius 2 is 1.08 bits per heavy atom. The van der Waals surface area contributed by atoms with Gasteiger partial charge < -0.3 is 4.74 Å². The molecule has 3 unspecified atom stereocenters. The molecule has 3 bridgehead atoms. The number of hydrogen-bond donors (Lipinski definition) is 0. The van der Waals surface area contributed by atoms with Gasteiger partial charge in [0.05, 0.1) is 5.41 Å². The number of aromatic nitrogens is 3. The minimum atomic E-state index is -0.521. The fourth-order valence-electron chi connectivity index (χ4n) is 13.9. The highest BCUT2D eigenvalue weighted by molar-refractivity contribution is 5.97. The highest BCUT2D eigenvalue weighted by atomic mass is 16.5. The van der Waals surface area contributed by atoms with Gasteiger partial charge in [0, 0.05) is 33.1 Å². The summed E-state index contributed by atoms with van der Waals surface area (Å²) in [6.45, 7) is 4.71. The summed E-state index contributed by atoms with van der Waals surface area (Å²) in [5, 5.41) is 0. The van der Waals surface area contributed by atoms with Crippen LogP contribution in [-0.4, -0.2) is 15.0 Å². The summed E-state index contributed by atoms with van der Waals surface area (Å²) in [5.74, 6) is 6.84. The van der Waals surface area contributed by atoms with E-state index in [0.29, 0.717) is 0 Å². The number of nitrogens with zero attached hydrogens (tertiary/aromatic N) is 3. The van der Waals surface area contributed by atoms with Crippen molar-refractivity contribution in [3.8, 4) is 67.7 Å². The molecule has 304 valence electrons. The molecular weight excluding hydrogens is 767 g/mol. The third-order valence-corrected chi connectivity index (χ3v) is 16.5. The summed E-state index contributed by atoms with van der Waals surface area (Å²) >= 11 is 0. The first-order valence-electron chi connectivity index (χ1n) is 23.1. The lowest BCUT2D eigenvalue weighted by molar-refractivity contribution is 0.131. The Bertz CT molecular complexity index is 3200. The highest BCUT2D eigenvalue weighted by Crippen LogP contribution is 2.64. The maximum absolute atomic E-state index is 6.63. The minimum Gasteiger partial charge on any atom is -0.457 e. The average Bonchev–Trinajstić information content (AvgIpc) is 3.84. The third kappa shape index (κ3) is 4.84. The second kappa shape index (κ2) is 12.7. The van der Waals surface area contributed by atoms with Gasteiger partial charge in [-0.15, -0.1) is 0 Å². The van der Waals surface area contributed by atoms with E-state index in [9.17, 15) is 0 Å². The molecule has 0 radical (unpaired) electrons. The van der Waals surface area contributed by atoms with Crippen molar-refractivity contribution in [2.24, 2.45) is 17.8 Å². The first-order valence-corrected chi connectivity index (χ1v) is 23.1. The smallest absolute Gasteiger partial charge is 0.163 e. The van der Waals surface area contributed by atoms with Gasteiger partial charge in [0.1, 0.15) is 17.3 Å². The average molecular weight is 814 g/mol. The van der Waals surface area contributed by atoms with E-state index in [1.165, 1.54) is 99.7 Å². The van der Waals surface area contributed by atoms with Crippen molar-refractivity contribution in [2.45, 2.75) is 68.6 Å². The summed E-state index contributed by atoms with van der Waals surface area (Å²) in [4.78, 5) is 16.6. The molecule has 4 nitrogen and oxygen atoms in total. The second-order valence-electron chi connectivity index (χ2n) is 20.0. The van der Waals surface area contributed by atoms with Crippen LogP contribution < -0.4 is 4.74 Å². The lowest BCUT2D eigenvalue weighted by atomic mass is 9.61. The van der Waals surface area contributed by atoms with Crippen LogP contribution in [-0.2, 0) is 16.2 Å². The van der Waals surface area contributed by atoms with Gasteiger partial charge in [-0.05, 0) is 136 Å². The Morgan fingerprint density at radius 1 is 0.476 bits per heavy atom.